The number of benzene rings is 3. The van der Waals surface area contributed by atoms with E-state index in [1.807, 2.05) is 72.8 Å². The molecular weight excluding hydrogens is 364 g/mol. The lowest BCUT2D eigenvalue weighted by atomic mass is 10.1. The number of carbonyl (C=O) groups is 1. The summed E-state index contributed by atoms with van der Waals surface area (Å²) in [6.45, 7) is 1.07. The van der Waals surface area contributed by atoms with Gasteiger partial charge in [0.15, 0.2) is 0 Å². The predicted molar refractivity (Wildman–Crippen MR) is 111 cm³/mol. The summed E-state index contributed by atoms with van der Waals surface area (Å²) in [6.07, 6.45) is -0.155. The molecule has 29 heavy (non-hydrogen) atoms. The van der Waals surface area contributed by atoms with Crippen molar-refractivity contribution in [1.29, 1.82) is 5.26 Å². The topological polar surface area (TPSA) is 71.4 Å². The summed E-state index contributed by atoms with van der Waals surface area (Å²) in [5.41, 5.74) is 2.99. The number of carbonyl (C=O) groups excluding carboxylic acids is 1. The van der Waals surface area contributed by atoms with Gasteiger partial charge in [0.05, 0.1) is 6.07 Å². The standard InChI is InChI=1S/C24H22N2O3/c25-15-14-24(27)26-18-20-10-4-6-12-22(20)28-16-17-29-23-13-7-5-11-21(23)19-8-2-1-3-9-19/h1-13H,14,16-18H2,(H,26,27). The summed E-state index contributed by atoms with van der Waals surface area (Å²) in [7, 11) is 0. The van der Waals surface area contributed by atoms with Crippen LogP contribution in [0.4, 0.5) is 0 Å². The van der Waals surface area contributed by atoms with E-state index < -0.39 is 0 Å². The molecule has 0 radical (unpaired) electrons. The molecule has 0 heterocycles. The lowest BCUT2D eigenvalue weighted by molar-refractivity contribution is -0.120. The summed E-state index contributed by atoms with van der Waals surface area (Å²) in [4.78, 5) is 11.5. The van der Waals surface area contributed by atoms with E-state index in [9.17, 15) is 4.79 Å². The van der Waals surface area contributed by atoms with E-state index in [1.165, 1.54) is 0 Å². The first-order valence-corrected chi connectivity index (χ1v) is 9.39. The first-order valence-electron chi connectivity index (χ1n) is 9.39. The Bertz CT molecular complexity index is 981. The van der Waals surface area contributed by atoms with Crippen LogP contribution in [0.5, 0.6) is 11.5 Å². The maximum absolute atomic E-state index is 11.5. The van der Waals surface area contributed by atoms with Crippen LogP contribution in [0.3, 0.4) is 0 Å². The minimum atomic E-state index is -0.303. The van der Waals surface area contributed by atoms with E-state index in [4.69, 9.17) is 14.7 Å². The molecule has 5 nitrogen and oxygen atoms in total. The van der Waals surface area contributed by atoms with E-state index in [1.54, 1.807) is 0 Å². The lowest BCUT2D eigenvalue weighted by Gasteiger charge is -2.14. The highest BCUT2D eigenvalue weighted by Gasteiger charge is 2.07. The van der Waals surface area contributed by atoms with Crippen molar-refractivity contribution < 1.29 is 14.3 Å². The average Bonchev–Trinajstić information content (AvgIpc) is 2.77. The summed E-state index contributed by atoms with van der Waals surface area (Å²) in [6, 6.07) is 27.3. The zero-order valence-corrected chi connectivity index (χ0v) is 16.0. The Kier molecular flexibility index (Phi) is 7.25. The molecule has 0 saturated carbocycles. The Morgan fingerprint density at radius 1 is 0.828 bits per heavy atom. The zero-order valence-electron chi connectivity index (χ0n) is 16.0. The molecule has 0 unspecified atom stereocenters. The molecule has 0 atom stereocenters. The molecule has 0 bridgehead atoms. The summed E-state index contributed by atoms with van der Waals surface area (Å²) in [5.74, 6) is 1.19. The number of hydrogen-bond donors (Lipinski definition) is 1. The summed E-state index contributed by atoms with van der Waals surface area (Å²) < 4.78 is 11.8. The zero-order chi connectivity index (χ0) is 20.3. The normalized spacial score (nSPS) is 10.0. The molecule has 0 aromatic heterocycles. The van der Waals surface area contributed by atoms with Crippen molar-refractivity contribution in [3.8, 4) is 28.7 Å². The molecule has 0 spiro atoms. The van der Waals surface area contributed by atoms with Crippen LogP contribution < -0.4 is 14.8 Å². The van der Waals surface area contributed by atoms with Gasteiger partial charge in [0, 0.05) is 17.7 Å². The second kappa shape index (κ2) is 10.5. The van der Waals surface area contributed by atoms with Gasteiger partial charge in [0.1, 0.15) is 31.1 Å². The van der Waals surface area contributed by atoms with Crippen LogP contribution in [-0.4, -0.2) is 19.1 Å². The number of amides is 1. The van der Waals surface area contributed by atoms with Gasteiger partial charge in [0.2, 0.25) is 5.91 Å². The first kappa shape index (κ1) is 20.0. The number of ether oxygens (including phenoxy) is 2. The molecule has 3 rings (SSSR count). The number of nitrogens with zero attached hydrogens (tertiary/aromatic N) is 1. The van der Waals surface area contributed by atoms with Crippen molar-refractivity contribution in [1.82, 2.24) is 5.32 Å². The Balaban J connectivity index is 1.56. The van der Waals surface area contributed by atoms with Gasteiger partial charge in [0.25, 0.3) is 0 Å². The van der Waals surface area contributed by atoms with Crippen LogP contribution in [0.1, 0.15) is 12.0 Å². The van der Waals surface area contributed by atoms with Crippen LogP contribution >= 0.6 is 0 Å². The van der Waals surface area contributed by atoms with Gasteiger partial charge in [-0.25, -0.2) is 0 Å². The molecule has 0 saturated heterocycles. The molecule has 0 aliphatic rings. The third-order valence-corrected chi connectivity index (χ3v) is 4.26. The van der Waals surface area contributed by atoms with Gasteiger partial charge in [-0.2, -0.15) is 5.26 Å². The van der Waals surface area contributed by atoms with Crippen LogP contribution in [0, 0.1) is 11.3 Å². The van der Waals surface area contributed by atoms with Crippen LogP contribution in [0.25, 0.3) is 11.1 Å². The SMILES string of the molecule is N#CCC(=O)NCc1ccccc1OCCOc1ccccc1-c1ccccc1. The Labute approximate surface area is 170 Å². The van der Waals surface area contributed by atoms with E-state index in [0.29, 0.717) is 25.5 Å². The fourth-order valence-corrected chi connectivity index (χ4v) is 2.87. The molecule has 0 fully saturated rings. The van der Waals surface area contributed by atoms with Crippen LogP contribution in [0.15, 0.2) is 78.9 Å². The van der Waals surface area contributed by atoms with E-state index in [-0.39, 0.29) is 12.3 Å². The molecular formula is C24H22N2O3. The van der Waals surface area contributed by atoms with Crippen molar-refractivity contribution in [2.75, 3.05) is 13.2 Å². The van der Waals surface area contributed by atoms with Gasteiger partial charge in [-0.05, 0) is 17.7 Å². The van der Waals surface area contributed by atoms with Crippen molar-refractivity contribution in [2.24, 2.45) is 0 Å². The van der Waals surface area contributed by atoms with Crippen LogP contribution in [0.2, 0.25) is 0 Å². The monoisotopic (exact) mass is 386 g/mol. The van der Waals surface area contributed by atoms with Crippen LogP contribution in [-0.2, 0) is 11.3 Å². The third-order valence-electron chi connectivity index (χ3n) is 4.26. The van der Waals surface area contributed by atoms with Crippen molar-refractivity contribution in [2.45, 2.75) is 13.0 Å². The first-order chi connectivity index (χ1) is 14.3. The highest BCUT2D eigenvalue weighted by molar-refractivity contribution is 5.78. The quantitative estimate of drug-likeness (QED) is 0.555. The molecule has 3 aromatic rings. The smallest absolute Gasteiger partial charge is 0.234 e. The second-order valence-electron chi connectivity index (χ2n) is 6.28. The van der Waals surface area contributed by atoms with Crippen molar-refractivity contribution in [3.05, 3.63) is 84.4 Å². The molecule has 1 amide bonds. The fraction of sp³-hybridized carbons (Fsp3) is 0.167. The van der Waals surface area contributed by atoms with Gasteiger partial charge in [-0.1, -0.05) is 66.7 Å². The van der Waals surface area contributed by atoms with E-state index in [2.05, 4.69) is 17.4 Å². The van der Waals surface area contributed by atoms with E-state index >= 15 is 0 Å². The highest BCUT2D eigenvalue weighted by atomic mass is 16.5. The van der Waals surface area contributed by atoms with Gasteiger partial charge < -0.3 is 14.8 Å². The Hall–Kier alpha value is -3.78. The largest absolute Gasteiger partial charge is 0.490 e. The number of nitriles is 1. The summed E-state index contributed by atoms with van der Waals surface area (Å²) >= 11 is 0. The lowest BCUT2D eigenvalue weighted by Crippen LogP contribution is -2.22. The van der Waals surface area contributed by atoms with Crippen molar-refractivity contribution >= 4 is 5.91 Å². The fourth-order valence-electron chi connectivity index (χ4n) is 2.87. The predicted octanol–water partition coefficient (Wildman–Crippen LogP) is 4.34. The number of hydrogen-bond acceptors (Lipinski definition) is 4. The second-order valence-corrected chi connectivity index (χ2v) is 6.28. The van der Waals surface area contributed by atoms with Gasteiger partial charge in [-0.15, -0.1) is 0 Å². The number of nitrogens with one attached hydrogen (secondary N) is 1. The Morgan fingerprint density at radius 2 is 1.45 bits per heavy atom. The van der Waals surface area contributed by atoms with Gasteiger partial charge >= 0.3 is 0 Å². The van der Waals surface area contributed by atoms with Gasteiger partial charge in [-0.3, -0.25) is 4.79 Å². The third kappa shape index (κ3) is 5.85. The molecule has 5 heteroatoms. The molecule has 1 N–H and O–H groups in total. The molecule has 0 aliphatic heterocycles. The molecule has 0 aliphatic carbocycles. The molecule has 3 aromatic carbocycles. The number of para-hydroxylation sites is 2. The minimum Gasteiger partial charge on any atom is -0.490 e. The average molecular weight is 386 g/mol. The highest BCUT2D eigenvalue weighted by Crippen LogP contribution is 2.29. The number of rotatable bonds is 9. The summed E-state index contributed by atoms with van der Waals surface area (Å²) in [5, 5.41) is 11.3. The maximum Gasteiger partial charge on any atom is 0.234 e. The van der Waals surface area contributed by atoms with E-state index in [0.717, 1.165) is 22.4 Å². The minimum absolute atomic E-state index is 0.155. The molecule has 146 valence electrons. The maximum atomic E-state index is 11.5. The van der Waals surface area contributed by atoms with Crippen molar-refractivity contribution in [3.63, 3.8) is 0 Å². The Morgan fingerprint density at radius 3 is 2.21 bits per heavy atom.